The van der Waals surface area contributed by atoms with E-state index in [-0.39, 0.29) is 18.4 Å². The lowest BCUT2D eigenvalue weighted by molar-refractivity contribution is -0.116. The second kappa shape index (κ2) is 7.75. The summed E-state index contributed by atoms with van der Waals surface area (Å²) in [7, 11) is 0. The zero-order valence-electron chi connectivity index (χ0n) is 15.2. The number of allylic oxidation sites excluding steroid dienone is 1. The van der Waals surface area contributed by atoms with Gasteiger partial charge in [-0.3, -0.25) is 4.79 Å². The van der Waals surface area contributed by atoms with Crippen LogP contribution in [0.4, 0.5) is 18.9 Å². The third kappa shape index (κ3) is 4.70. The summed E-state index contributed by atoms with van der Waals surface area (Å²) in [5, 5.41) is 14.0. The van der Waals surface area contributed by atoms with Crippen molar-refractivity contribution in [2.24, 2.45) is 0 Å². The van der Waals surface area contributed by atoms with Gasteiger partial charge in [-0.15, -0.1) is 0 Å². The third-order valence-corrected chi connectivity index (χ3v) is 4.17. The molecule has 0 radical (unpaired) electrons. The van der Waals surface area contributed by atoms with Crippen molar-refractivity contribution < 1.29 is 18.0 Å². The Hall–Kier alpha value is -3.30. The first-order valence-corrected chi connectivity index (χ1v) is 8.43. The Labute approximate surface area is 158 Å². The van der Waals surface area contributed by atoms with Gasteiger partial charge in [-0.1, -0.05) is 23.3 Å². The minimum atomic E-state index is -4.36. The molecule has 0 aliphatic rings. The molecule has 2 aromatic heterocycles. The largest absolute Gasteiger partial charge is 0.409 e. The van der Waals surface area contributed by atoms with Crippen molar-refractivity contribution in [1.82, 2.24) is 25.0 Å². The van der Waals surface area contributed by atoms with Gasteiger partial charge in [0.15, 0.2) is 0 Å². The molecule has 0 bridgehead atoms. The first-order chi connectivity index (χ1) is 13.2. The number of alkyl halides is 3. The van der Waals surface area contributed by atoms with Crippen LogP contribution in [-0.4, -0.2) is 37.1 Å². The number of carbonyl (C=O) groups excluding carboxylic acids is 1. The summed E-state index contributed by atoms with van der Waals surface area (Å²) in [4.78, 5) is 16.5. The third-order valence-electron chi connectivity index (χ3n) is 4.17. The van der Waals surface area contributed by atoms with Gasteiger partial charge in [0.1, 0.15) is 0 Å². The van der Waals surface area contributed by atoms with Gasteiger partial charge < -0.3 is 5.32 Å². The second-order valence-corrected chi connectivity index (χ2v) is 6.20. The van der Waals surface area contributed by atoms with E-state index in [0.29, 0.717) is 23.4 Å². The van der Waals surface area contributed by atoms with Crippen molar-refractivity contribution in [2.75, 3.05) is 5.32 Å². The molecule has 0 unspecified atom stereocenters. The Morgan fingerprint density at radius 1 is 1.21 bits per heavy atom. The van der Waals surface area contributed by atoms with Crippen LogP contribution in [0, 0.1) is 13.8 Å². The topological polar surface area (TPSA) is 85.1 Å². The van der Waals surface area contributed by atoms with Crippen molar-refractivity contribution >= 4 is 23.4 Å². The summed E-state index contributed by atoms with van der Waals surface area (Å²) in [5.41, 5.74) is 3.37. The highest BCUT2D eigenvalue weighted by molar-refractivity contribution is 5.91. The fourth-order valence-electron chi connectivity index (χ4n) is 2.77. The molecule has 10 heteroatoms. The van der Waals surface area contributed by atoms with E-state index in [1.54, 1.807) is 12.1 Å². The van der Waals surface area contributed by atoms with Crippen molar-refractivity contribution in [1.29, 1.82) is 0 Å². The molecule has 0 aliphatic carbocycles. The average Bonchev–Trinajstić information content (AvgIpc) is 3.09. The van der Waals surface area contributed by atoms with Crippen LogP contribution in [-0.2, 0) is 11.2 Å². The highest BCUT2D eigenvalue weighted by Crippen LogP contribution is 2.19. The zero-order valence-corrected chi connectivity index (χ0v) is 15.2. The quantitative estimate of drug-likeness (QED) is 0.723. The minimum Gasteiger partial charge on any atom is -0.326 e. The van der Waals surface area contributed by atoms with Crippen LogP contribution in [0.1, 0.15) is 28.9 Å². The van der Waals surface area contributed by atoms with Crippen LogP contribution in [0.25, 0.3) is 11.9 Å². The van der Waals surface area contributed by atoms with E-state index >= 15 is 0 Å². The Balaban J connectivity index is 1.61. The number of hydrogen-bond donors (Lipinski definition) is 1. The fourth-order valence-corrected chi connectivity index (χ4v) is 2.77. The molecule has 7 nitrogen and oxygen atoms in total. The van der Waals surface area contributed by atoms with Gasteiger partial charge in [0, 0.05) is 29.6 Å². The molecule has 0 fully saturated rings. The molecule has 146 valence electrons. The standard InChI is InChI=1S/C18H17F3N6O/c1-11-15(12(2)27-17(22-11)24-25-26-27)7-8-16(28)23-14-5-3-13(4-6-14)9-10-18(19,20)21/h3-6,9-10H,7-8H2,1-2H3,(H,23,28)/b10-9+. The van der Waals surface area contributed by atoms with Crippen LogP contribution in [0.5, 0.6) is 0 Å². The van der Waals surface area contributed by atoms with E-state index in [1.165, 1.54) is 16.6 Å². The van der Waals surface area contributed by atoms with E-state index < -0.39 is 6.18 Å². The number of benzene rings is 1. The molecule has 3 aromatic rings. The Morgan fingerprint density at radius 2 is 1.93 bits per heavy atom. The number of aromatic nitrogens is 5. The number of hydrogen-bond acceptors (Lipinski definition) is 5. The second-order valence-electron chi connectivity index (χ2n) is 6.20. The van der Waals surface area contributed by atoms with Gasteiger partial charge >= 0.3 is 6.18 Å². The van der Waals surface area contributed by atoms with Crippen molar-refractivity contribution in [3.05, 3.63) is 52.9 Å². The monoisotopic (exact) mass is 390 g/mol. The van der Waals surface area contributed by atoms with Gasteiger partial charge in [-0.05, 0) is 54.0 Å². The summed E-state index contributed by atoms with van der Waals surface area (Å²) < 4.78 is 38.1. The van der Waals surface area contributed by atoms with E-state index in [2.05, 4.69) is 25.8 Å². The summed E-state index contributed by atoms with van der Waals surface area (Å²) in [6.07, 6.45) is -2.55. The van der Waals surface area contributed by atoms with Crippen molar-refractivity contribution in [2.45, 2.75) is 32.9 Å². The molecule has 2 heterocycles. The van der Waals surface area contributed by atoms with Gasteiger partial charge in [0.25, 0.3) is 5.78 Å². The van der Waals surface area contributed by atoms with E-state index in [9.17, 15) is 18.0 Å². The number of amides is 1. The van der Waals surface area contributed by atoms with Crippen LogP contribution < -0.4 is 5.32 Å². The molecule has 0 saturated carbocycles. The number of anilines is 1. The number of aryl methyl sites for hydroxylation is 2. The predicted octanol–water partition coefficient (Wildman–Crippen LogP) is 3.28. The number of rotatable bonds is 5. The van der Waals surface area contributed by atoms with Crippen LogP contribution in [0.3, 0.4) is 0 Å². The van der Waals surface area contributed by atoms with Crippen LogP contribution in [0.2, 0.25) is 0 Å². The fraction of sp³-hybridized carbons (Fsp3) is 0.278. The lowest BCUT2D eigenvalue weighted by Gasteiger charge is -2.10. The number of nitrogens with one attached hydrogen (secondary N) is 1. The lowest BCUT2D eigenvalue weighted by Crippen LogP contribution is -2.14. The molecule has 0 saturated heterocycles. The summed E-state index contributed by atoms with van der Waals surface area (Å²) in [5.74, 6) is 0.192. The number of halogens is 3. The highest BCUT2D eigenvalue weighted by Gasteiger charge is 2.21. The Bertz CT molecular complexity index is 1020. The lowest BCUT2D eigenvalue weighted by atomic mass is 10.1. The van der Waals surface area contributed by atoms with E-state index in [1.807, 2.05) is 13.8 Å². The number of nitrogens with zero attached hydrogens (tertiary/aromatic N) is 5. The molecule has 0 aliphatic heterocycles. The van der Waals surface area contributed by atoms with Gasteiger partial charge in [-0.25, -0.2) is 4.98 Å². The molecular formula is C18H17F3N6O. The van der Waals surface area contributed by atoms with Crippen LogP contribution >= 0.6 is 0 Å². The van der Waals surface area contributed by atoms with Gasteiger partial charge in [0.05, 0.1) is 0 Å². The van der Waals surface area contributed by atoms with Crippen molar-refractivity contribution in [3.63, 3.8) is 0 Å². The molecule has 3 rings (SSSR count). The number of carbonyl (C=O) groups is 1. The summed E-state index contributed by atoms with van der Waals surface area (Å²) in [6.45, 7) is 3.70. The summed E-state index contributed by atoms with van der Waals surface area (Å²) >= 11 is 0. The maximum absolute atomic E-state index is 12.2. The number of tetrazole rings is 1. The average molecular weight is 390 g/mol. The minimum absolute atomic E-state index is 0.167. The first-order valence-electron chi connectivity index (χ1n) is 8.43. The first kappa shape index (κ1) is 19.5. The maximum Gasteiger partial charge on any atom is 0.409 e. The smallest absolute Gasteiger partial charge is 0.326 e. The SMILES string of the molecule is Cc1nc2nnnn2c(C)c1CCC(=O)Nc1ccc(/C=C/C(F)(F)F)cc1. The molecule has 0 spiro atoms. The van der Waals surface area contributed by atoms with Gasteiger partial charge in [-0.2, -0.15) is 17.7 Å². The summed E-state index contributed by atoms with van der Waals surface area (Å²) in [6, 6.07) is 6.11. The van der Waals surface area contributed by atoms with E-state index in [4.69, 9.17) is 0 Å². The maximum atomic E-state index is 12.2. The van der Waals surface area contributed by atoms with Crippen LogP contribution in [0.15, 0.2) is 30.3 Å². The molecule has 0 atom stereocenters. The van der Waals surface area contributed by atoms with E-state index in [0.717, 1.165) is 23.0 Å². The highest BCUT2D eigenvalue weighted by atomic mass is 19.4. The Kier molecular flexibility index (Phi) is 5.39. The zero-order chi connectivity index (χ0) is 20.3. The predicted molar refractivity (Wildman–Crippen MR) is 96.5 cm³/mol. The molecule has 1 amide bonds. The number of fused-ring (bicyclic) bond motifs is 1. The normalized spacial score (nSPS) is 12.0. The molecule has 28 heavy (non-hydrogen) atoms. The molecule has 1 N–H and O–H groups in total. The Morgan fingerprint density at radius 3 is 2.61 bits per heavy atom. The van der Waals surface area contributed by atoms with Gasteiger partial charge in [0.2, 0.25) is 5.91 Å². The van der Waals surface area contributed by atoms with Crippen molar-refractivity contribution in [3.8, 4) is 0 Å². The molecular weight excluding hydrogens is 373 g/mol. The molecule has 1 aromatic carbocycles.